The molecule has 1 aliphatic heterocycles. The van der Waals surface area contributed by atoms with E-state index in [1.54, 1.807) is 66.4 Å². The van der Waals surface area contributed by atoms with Crippen LogP contribution in [0.25, 0.3) is 6.08 Å². The van der Waals surface area contributed by atoms with E-state index >= 15 is 0 Å². The van der Waals surface area contributed by atoms with E-state index in [2.05, 4.69) is 16.0 Å². The van der Waals surface area contributed by atoms with Gasteiger partial charge >= 0.3 is 5.97 Å². The molecule has 0 fully saturated rings. The zero-order chi connectivity index (χ0) is 33.5. The van der Waals surface area contributed by atoms with Crippen molar-refractivity contribution in [1.29, 1.82) is 0 Å². The number of hydrogen-bond acceptors (Lipinski definition) is 9. The number of hydrogen-bond donors (Lipinski definition) is 3. The summed E-state index contributed by atoms with van der Waals surface area (Å²) in [6.07, 6.45) is 2.11. The number of fused-ring (bicyclic) bond motifs is 1. The number of nitrogens with zero attached hydrogens (tertiary/aromatic N) is 1. The topological polar surface area (TPSA) is 134 Å². The zero-order valence-corrected chi connectivity index (χ0v) is 28.3. The summed E-state index contributed by atoms with van der Waals surface area (Å²) in [7, 11) is 1.30. The molecule has 1 unspecified atom stereocenters. The van der Waals surface area contributed by atoms with E-state index in [0.29, 0.717) is 41.3 Å². The Balaban J connectivity index is 1.27. The quantitative estimate of drug-likeness (QED) is 0.105. The van der Waals surface area contributed by atoms with Crippen molar-refractivity contribution >= 4 is 80.8 Å². The number of esters is 1. The minimum atomic E-state index is -0.571. The van der Waals surface area contributed by atoms with Gasteiger partial charge in [0, 0.05) is 39.4 Å². The lowest BCUT2D eigenvalue weighted by Crippen LogP contribution is -2.33. The van der Waals surface area contributed by atoms with E-state index in [4.69, 9.17) is 4.74 Å². The van der Waals surface area contributed by atoms with Gasteiger partial charge in [-0.05, 0) is 66.8 Å². The fourth-order valence-corrected chi connectivity index (χ4v) is 7.69. The van der Waals surface area contributed by atoms with Gasteiger partial charge in [-0.3, -0.25) is 19.2 Å². The number of amides is 4. The van der Waals surface area contributed by atoms with Crippen LogP contribution in [-0.2, 0) is 32.1 Å². The van der Waals surface area contributed by atoms with Crippen LogP contribution in [0.4, 0.5) is 10.7 Å². The van der Waals surface area contributed by atoms with Crippen molar-refractivity contribution in [2.75, 3.05) is 24.3 Å². The molecule has 1 aliphatic rings. The highest BCUT2D eigenvalue weighted by molar-refractivity contribution is 8.00. The third-order valence-electron chi connectivity index (χ3n) is 7.26. The number of thiophene rings is 2. The predicted molar refractivity (Wildman–Crippen MR) is 186 cm³/mol. The summed E-state index contributed by atoms with van der Waals surface area (Å²) in [5, 5.41) is 10.2. The predicted octanol–water partition coefficient (Wildman–Crippen LogP) is 6.03. The van der Waals surface area contributed by atoms with Crippen LogP contribution in [0, 0.1) is 0 Å². The molecule has 2 aromatic heterocycles. The third-order valence-corrected chi connectivity index (χ3v) is 10.3. The minimum absolute atomic E-state index is 0.0515. The average Bonchev–Trinajstić information content (AvgIpc) is 3.71. The van der Waals surface area contributed by atoms with Crippen LogP contribution in [0.2, 0.25) is 0 Å². The van der Waals surface area contributed by atoms with Crippen LogP contribution in [0.3, 0.4) is 0 Å². The summed E-state index contributed by atoms with van der Waals surface area (Å²) >= 11 is 3.99. The molecule has 0 radical (unpaired) electrons. The molecule has 242 valence electrons. The van der Waals surface area contributed by atoms with Crippen molar-refractivity contribution in [1.82, 2.24) is 10.2 Å². The fourth-order valence-electron chi connectivity index (χ4n) is 4.85. The van der Waals surface area contributed by atoms with Crippen molar-refractivity contribution in [3.05, 3.63) is 104 Å². The Kier molecular flexibility index (Phi) is 10.9. The van der Waals surface area contributed by atoms with Gasteiger partial charge in [-0.15, -0.1) is 34.4 Å². The third kappa shape index (κ3) is 8.36. The maximum absolute atomic E-state index is 13.4. The summed E-state index contributed by atoms with van der Waals surface area (Å²) in [5.41, 5.74) is 2.11. The number of rotatable bonds is 10. The number of methoxy groups -OCH3 is 1. The molecule has 47 heavy (non-hydrogen) atoms. The number of anilines is 2. The van der Waals surface area contributed by atoms with Crippen molar-refractivity contribution in [3.8, 4) is 0 Å². The van der Waals surface area contributed by atoms with E-state index in [-0.39, 0.29) is 17.5 Å². The SMILES string of the molecule is COC(=O)c1c(NC(=O)C(C)Sc2cccc(NC(=O)/C(=C/c3cccs3)NC(=O)c3ccccc3)c2)sc2c1CCN(C(C)=O)C2. The number of ether oxygens (including phenoxy) is 1. The van der Waals surface area contributed by atoms with Crippen LogP contribution in [-0.4, -0.2) is 53.4 Å². The van der Waals surface area contributed by atoms with Crippen molar-refractivity contribution < 1.29 is 28.7 Å². The van der Waals surface area contributed by atoms with Gasteiger partial charge in [-0.25, -0.2) is 4.79 Å². The molecule has 0 saturated heterocycles. The molecule has 4 amide bonds. The molecular weight excluding hydrogens is 657 g/mol. The zero-order valence-electron chi connectivity index (χ0n) is 25.8. The van der Waals surface area contributed by atoms with Crippen molar-refractivity contribution in [3.63, 3.8) is 0 Å². The summed E-state index contributed by atoms with van der Waals surface area (Å²) in [5.74, 6) is -1.82. The lowest BCUT2D eigenvalue weighted by molar-refractivity contribution is -0.129. The normalized spacial score (nSPS) is 13.3. The van der Waals surface area contributed by atoms with Crippen molar-refractivity contribution in [2.45, 2.75) is 37.0 Å². The van der Waals surface area contributed by atoms with E-state index in [1.165, 1.54) is 48.5 Å². The molecule has 0 spiro atoms. The minimum Gasteiger partial charge on any atom is -0.465 e. The van der Waals surface area contributed by atoms with Gasteiger partial charge in [0.1, 0.15) is 10.7 Å². The Hall–Kier alpha value is -4.72. The van der Waals surface area contributed by atoms with E-state index in [9.17, 15) is 24.0 Å². The molecule has 1 atom stereocenters. The van der Waals surface area contributed by atoms with Gasteiger partial charge in [0.05, 0.1) is 24.5 Å². The average molecular weight is 689 g/mol. The van der Waals surface area contributed by atoms with Crippen molar-refractivity contribution in [2.24, 2.45) is 0 Å². The van der Waals surface area contributed by atoms with Crippen LogP contribution in [0.15, 0.2) is 82.7 Å². The number of nitrogens with one attached hydrogen (secondary N) is 3. The number of carbonyl (C=O) groups excluding carboxylic acids is 5. The fraction of sp³-hybridized carbons (Fsp3) is 0.206. The number of benzene rings is 2. The van der Waals surface area contributed by atoms with E-state index in [0.717, 1.165) is 20.2 Å². The molecule has 5 rings (SSSR count). The largest absolute Gasteiger partial charge is 0.465 e. The Morgan fingerprint density at radius 1 is 1.00 bits per heavy atom. The highest BCUT2D eigenvalue weighted by atomic mass is 32.2. The van der Waals surface area contributed by atoms with Crippen LogP contribution >= 0.6 is 34.4 Å². The summed E-state index contributed by atoms with van der Waals surface area (Å²) < 4.78 is 5.02. The Morgan fingerprint density at radius 2 is 1.79 bits per heavy atom. The lowest BCUT2D eigenvalue weighted by atomic mass is 10.0. The summed E-state index contributed by atoms with van der Waals surface area (Å²) in [6.45, 7) is 4.11. The van der Waals surface area contributed by atoms with E-state index in [1.807, 2.05) is 23.6 Å². The van der Waals surface area contributed by atoms with Gasteiger partial charge in [0.2, 0.25) is 11.8 Å². The monoisotopic (exact) mass is 688 g/mol. The van der Waals surface area contributed by atoms with Gasteiger partial charge in [0.25, 0.3) is 11.8 Å². The second kappa shape index (κ2) is 15.2. The maximum Gasteiger partial charge on any atom is 0.341 e. The summed E-state index contributed by atoms with van der Waals surface area (Å²) in [4.78, 5) is 68.3. The first-order valence-electron chi connectivity index (χ1n) is 14.6. The Morgan fingerprint density at radius 3 is 2.49 bits per heavy atom. The van der Waals surface area contributed by atoms with Crippen LogP contribution < -0.4 is 16.0 Å². The first kappa shape index (κ1) is 33.6. The van der Waals surface area contributed by atoms with E-state index < -0.39 is 23.0 Å². The molecule has 13 heteroatoms. The molecule has 0 bridgehead atoms. The standard InChI is InChI=1S/C34H32N4O6S3/c1-20(30(40)37-33-29(34(43)44-3)26-14-15-38(21(2)39)19-28(26)47-33)46-25-12-7-11-23(17-25)35-32(42)27(18-24-13-8-16-45-24)36-31(41)22-9-5-4-6-10-22/h4-13,16-18,20H,14-15,19H2,1-3H3,(H,35,42)(H,36,41)(H,37,40)/b27-18-. The molecule has 0 aliphatic carbocycles. The molecule has 2 aromatic carbocycles. The highest BCUT2D eigenvalue weighted by Gasteiger charge is 2.31. The smallest absolute Gasteiger partial charge is 0.341 e. The molecule has 4 aromatic rings. The van der Waals surface area contributed by atoms with Gasteiger partial charge < -0.3 is 25.6 Å². The molecule has 10 nitrogen and oxygen atoms in total. The first-order chi connectivity index (χ1) is 22.6. The highest BCUT2D eigenvalue weighted by Crippen LogP contribution is 2.38. The van der Waals surface area contributed by atoms with Gasteiger partial charge in [-0.1, -0.05) is 30.3 Å². The number of carbonyl (C=O) groups is 5. The molecule has 3 heterocycles. The van der Waals surface area contributed by atoms with Gasteiger partial charge in [-0.2, -0.15) is 0 Å². The molecular formula is C34H32N4O6S3. The number of thioether (sulfide) groups is 1. The second-order valence-corrected chi connectivity index (χ2v) is 14.0. The maximum atomic E-state index is 13.4. The summed E-state index contributed by atoms with van der Waals surface area (Å²) in [6, 6.07) is 19.4. The Bertz CT molecular complexity index is 1840. The molecule has 0 saturated carbocycles. The van der Waals surface area contributed by atoms with Crippen LogP contribution in [0.5, 0.6) is 0 Å². The lowest BCUT2D eigenvalue weighted by Gasteiger charge is -2.25. The second-order valence-electron chi connectivity index (χ2n) is 10.5. The Labute approximate surface area is 284 Å². The van der Waals surface area contributed by atoms with Gasteiger partial charge in [0.15, 0.2) is 0 Å². The van der Waals surface area contributed by atoms with Crippen LogP contribution in [0.1, 0.15) is 49.9 Å². The molecule has 3 N–H and O–H groups in total. The first-order valence-corrected chi connectivity index (χ1v) is 17.2.